The van der Waals surface area contributed by atoms with Crippen molar-refractivity contribution in [2.24, 2.45) is 29.1 Å². The van der Waals surface area contributed by atoms with Crippen molar-refractivity contribution in [3.63, 3.8) is 0 Å². The molecule has 4 aliphatic rings. The molecule has 0 aromatic heterocycles. The summed E-state index contributed by atoms with van der Waals surface area (Å²) in [6.07, 6.45) is 13.2. The van der Waals surface area contributed by atoms with Crippen LogP contribution in [0.15, 0.2) is 11.1 Å². The van der Waals surface area contributed by atoms with E-state index in [0.29, 0.717) is 35.9 Å². The molecule has 0 bridgehead atoms. The predicted molar refractivity (Wildman–Crippen MR) is 90.5 cm³/mol. The molecule has 124 valence electrons. The number of Topliss-reactive ketones (excluding diaryl/α,β-unsaturated/α-hetero) is 1. The van der Waals surface area contributed by atoms with Crippen molar-refractivity contribution in [2.45, 2.75) is 70.8 Å². The number of carbonyl (C=O) groups excluding carboxylic acids is 1. The van der Waals surface area contributed by atoms with Crippen LogP contribution in [0.5, 0.6) is 0 Å². The Balaban J connectivity index is 1.72. The van der Waals surface area contributed by atoms with Crippen LogP contribution in [0.25, 0.3) is 0 Å². The molecule has 4 rings (SSSR count). The number of terminal acetylenes is 1. The first-order valence-corrected chi connectivity index (χ1v) is 9.32. The van der Waals surface area contributed by atoms with E-state index >= 15 is 0 Å². The largest absolute Gasteiger partial charge is 0.377 e. The van der Waals surface area contributed by atoms with Gasteiger partial charge in [-0.25, -0.2) is 0 Å². The molecule has 6 atom stereocenters. The van der Waals surface area contributed by atoms with E-state index in [2.05, 4.69) is 19.8 Å². The molecular formula is C21H28O2. The smallest absolute Gasteiger partial charge is 0.137 e. The van der Waals surface area contributed by atoms with Gasteiger partial charge >= 0.3 is 0 Å². The van der Waals surface area contributed by atoms with Crippen LogP contribution in [0.2, 0.25) is 0 Å². The molecule has 0 heterocycles. The summed E-state index contributed by atoms with van der Waals surface area (Å²) in [5.74, 6) is 5.60. The van der Waals surface area contributed by atoms with E-state index in [-0.39, 0.29) is 5.41 Å². The lowest BCUT2D eigenvalue weighted by Crippen LogP contribution is -2.52. The number of allylic oxidation sites excluding steroid dienone is 2. The van der Waals surface area contributed by atoms with Crippen LogP contribution in [0.4, 0.5) is 0 Å². The topological polar surface area (TPSA) is 37.3 Å². The summed E-state index contributed by atoms with van der Waals surface area (Å²) in [7, 11) is 0. The molecule has 2 fully saturated rings. The van der Waals surface area contributed by atoms with Crippen LogP contribution < -0.4 is 0 Å². The van der Waals surface area contributed by atoms with Crippen molar-refractivity contribution in [1.29, 1.82) is 0 Å². The number of fused-ring (bicyclic) bond motifs is 4. The molecule has 0 saturated heterocycles. The van der Waals surface area contributed by atoms with Crippen molar-refractivity contribution >= 4 is 5.78 Å². The van der Waals surface area contributed by atoms with Crippen molar-refractivity contribution in [3.8, 4) is 12.3 Å². The Morgan fingerprint density at radius 3 is 2.78 bits per heavy atom. The van der Waals surface area contributed by atoms with Gasteiger partial charge in [0.2, 0.25) is 0 Å². The molecule has 0 spiro atoms. The number of carbonyl (C=O) groups is 1. The molecule has 0 unspecified atom stereocenters. The predicted octanol–water partition coefficient (Wildman–Crippen LogP) is 3.88. The SMILES string of the molecule is C#C[C@@]1(O)CC[C@H]2[C@@H]3[C@H](C)CC4=C(CCC(=O)C4)[C@H]3CC[C@]21C. The molecule has 0 aromatic carbocycles. The van der Waals surface area contributed by atoms with Gasteiger partial charge < -0.3 is 5.11 Å². The summed E-state index contributed by atoms with van der Waals surface area (Å²) in [4.78, 5) is 11.9. The molecule has 2 saturated carbocycles. The van der Waals surface area contributed by atoms with Crippen LogP contribution in [-0.4, -0.2) is 16.5 Å². The lowest BCUT2D eigenvalue weighted by atomic mass is 9.50. The minimum absolute atomic E-state index is 0.125. The highest BCUT2D eigenvalue weighted by Gasteiger charge is 2.62. The van der Waals surface area contributed by atoms with E-state index in [1.807, 2.05) is 0 Å². The summed E-state index contributed by atoms with van der Waals surface area (Å²) in [5.41, 5.74) is 2.04. The highest BCUT2D eigenvalue weighted by molar-refractivity contribution is 5.82. The number of aliphatic hydroxyl groups is 1. The molecule has 1 N–H and O–H groups in total. The normalized spacial score (nSPS) is 49.2. The van der Waals surface area contributed by atoms with Crippen molar-refractivity contribution in [3.05, 3.63) is 11.1 Å². The van der Waals surface area contributed by atoms with Crippen molar-refractivity contribution in [2.75, 3.05) is 0 Å². The van der Waals surface area contributed by atoms with E-state index < -0.39 is 5.60 Å². The Morgan fingerprint density at radius 1 is 1.26 bits per heavy atom. The second-order valence-corrected chi connectivity index (χ2v) is 8.82. The standard InChI is InChI=1S/C21H28O2/c1-4-21(23)10-8-18-19-13(2)11-14-12-15(22)5-6-16(14)17(19)7-9-20(18,21)3/h1,13,17-19,23H,5-12H2,2-3H3/t13-,17-,18+,19-,20-,21-/m1/s1. The number of hydrogen-bond acceptors (Lipinski definition) is 2. The maximum atomic E-state index is 11.9. The maximum absolute atomic E-state index is 11.9. The summed E-state index contributed by atoms with van der Waals surface area (Å²) in [5, 5.41) is 11.0. The Morgan fingerprint density at radius 2 is 2.04 bits per heavy atom. The van der Waals surface area contributed by atoms with Gasteiger partial charge in [-0.05, 0) is 62.2 Å². The molecule has 0 aliphatic heterocycles. The average Bonchev–Trinajstić information content (AvgIpc) is 2.79. The molecule has 2 nitrogen and oxygen atoms in total. The Bertz CT molecular complexity index is 624. The van der Waals surface area contributed by atoms with E-state index in [1.54, 1.807) is 5.57 Å². The molecule has 0 radical (unpaired) electrons. The Labute approximate surface area is 139 Å². The highest BCUT2D eigenvalue weighted by Crippen LogP contribution is 2.65. The van der Waals surface area contributed by atoms with Crippen LogP contribution >= 0.6 is 0 Å². The fourth-order valence-corrected chi connectivity index (χ4v) is 6.72. The molecular weight excluding hydrogens is 284 g/mol. The van der Waals surface area contributed by atoms with E-state index in [4.69, 9.17) is 6.42 Å². The minimum atomic E-state index is -0.917. The highest BCUT2D eigenvalue weighted by atomic mass is 16.3. The third kappa shape index (κ3) is 1.96. The third-order valence-corrected chi connectivity index (χ3v) is 7.93. The first kappa shape index (κ1) is 15.5. The molecule has 4 aliphatic carbocycles. The van der Waals surface area contributed by atoms with Crippen LogP contribution in [-0.2, 0) is 4.79 Å². The fourth-order valence-electron chi connectivity index (χ4n) is 6.72. The van der Waals surface area contributed by atoms with E-state index in [0.717, 1.165) is 44.9 Å². The second kappa shape index (κ2) is 4.96. The quantitative estimate of drug-likeness (QED) is 0.544. The number of hydrogen-bond donors (Lipinski definition) is 1. The molecule has 0 amide bonds. The lowest BCUT2D eigenvalue weighted by Gasteiger charge is -2.55. The summed E-state index contributed by atoms with van der Waals surface area (Å²) >= 11 is 0. The average molecular weight is 312 g/mol. The van der Waals surface area contributed by atoms with Gasteiger partial charge in [-0.1, -0.05) is 30.9 Å². The lowest BCUT2D eigenvalue weighted by molar-refractivity contribution is -0.119. The van der Waals surface area contributed by atoms with Gasteiger partial charge in [0, 0.05) is 18.3 Å². The number of ketones is 1. The van der Waals surface area contributed by atoms with Gasteiger partial charge in [0.15, 0.2) is 0 Å². The van der Waals surface area contributed by atoms with Gasteiger partial charge in [-0.3, -0.25) is 4.79 Å². The first-order chi connectivity index (χ1) is 10.9. The number of rotatable bonds is 0. The van der Waals surface area contributed by atoms with Crippen LogP contribution in [0, 0.1) is 41.4 Å². The zero-order chi connectivity index (χ0) is 16.4. The first-order valence-electron chi connectivity index (χ1n) is 9.32. The minimum Gasteiger partial charge on any atom is -0.377 e. The van der Waals surface area contributed by atoms with Gasteiger partial charge in [-0.15, -0.1) is 6.42 Å². The van der Waals surface area contributed by atoms with Gasteiger partial charge in [0.05, 0.1) is 0 Å². The Hall–Kier alpha value is -1.07. The summed E-state index contributed by atoms with van der Waals surface area (Å²) in [6, 6.07) is 0. The van der Waals surface area contributed by atoms with E-state index in [9.17, 15) is 9.90 Å². The van der Waals surface area contributed by atoms with Gasteiger partial charge in [-0.2, -0.15) is 0 Å². The molecule has 0 aromatic rings. The summed E-state index contributed by atoms with van der Waals surface area (Å²) in [6.45, 7) is 4.60. The molecule has 23 heavy (non-hydrogen) atoms. The zero-order valence-electron chi connectivity index (χ0n) is 14.4. The van der Waals surface area contributed by atoms with Gasteiger partial charge in [0.25, 0.3) is 0 Å². The van der Waals surface area contributed by atoms with E-state index in [1.165, 1.54) is 5.57 Å². The second-order valence-electron chi connectivity index (χ2n) is 8.82. The fraction of sp³-hybridized carbons (Fsp3) is 0.762. The van der Waals surface area contributed by atoms with Crippen molar-refractivity contribution in [1.82, 2.24) is 0 Å². The molecule has 2 heteroatoms. The van der Waals surface area contributed by atoms with Crippen LogP contribution in [0.1, 0.15) is 65.2 Å². The maximum Gasteiger partial charge on any atom is 0.137 e. The summed E-state index contributed by atoms with van der Waals surface area (Å²) < 4.78 is 0. The Kier molecular flexibility index (Phi) is 3.34. The van der Waals surface area contributed by atoms with Crippen LogP contribution in [0.3, 0.4) is 0 Å². The third-order valence-electron chi connectivity index (χ3n) is 7.93. The van der Waals surface area contributed by atoms with Crippen molar-refractivity contribution < 1.29 is 9.90 Å². The monoisotopic (exact) mass is 312 g/mol. The van der Waals surface area contributed by atoms with Gasteiger partial charge in [0.1, 0.15) is 11.4 Å². The zero-order valence-corrected chi connectivity index (χ0v) is 14.4.